The van der Waals surface area contributed by atoms with Crippen LogP contribution in [0.15, 0.2) is 42.6 Å². The molecule has 0 radical (unpaired) electrons. The van der Waals surface area contributed by atoms with Crippen LogP contribution >= 0.6 is 0 Å². The summed E-state index contributed by atoms with van der Waals surface area (Å²) in [7, 11) is 0. The Hall–Kier alpha value is -2.40. The van der Waals surface area contributed by atoms with Crippen LogP contribution in [-0.2, 0) is 0 Å². The first kappa shape index (κ1) is 16.5. The van der Waals surface area contributed by atoms with Gasteiger partial charge in [0.1, 0.15) is 5.82 Å². The summed E-state index contributed by atoms with van der Waals surface area (Å²) >= 11 is 0. The van der Waals surface area contributed by atoms with Crippen LogP contribution in [0, 0.1) is 6.92 Å². The summed E-state index contributed by atoms with van der Waals surface area (Å²) in [5.41, 5.74) is 2.45. The highest BCUT2D eigenvalue weighted by Crippen LogP contribution is 2.21. The second-order valence-electron chi connectivity index (χ2n) is 6.40. The van der Waals surface area contributed by atoms with Gasteiger partial charge in [-0.15, -0.1) is 0 Å². The lowest BCUT2D eigenvalue weighted by molar-refractivity contribution is 0.102. The second-order valence-corrected chi connectivity index (χ2v) is 6.40. The predicted molar refractivity (Wildman–Crippen MR) is 95.3 cm³/mol. The van der Waals surface area contributed by atoms with Gasteiger partial charge in [-0.1, -0.05) is 17.7 Å². The number of nitrogens with one attached hydrogen (secondary N) is 2. The number of nitrogens with zero attached hydrogens (tertiary/aromatic N) is 1. The quantitative estimate of drug-likeness (QED) is 0.806. The van der Waals surface area contributed by atoms with Gasteiger partial charge in [-0.3, -0.25) is 4.79 Å². The molecule has 24 heavy (non-hydrogen) atoms. The van der Waals surface area contributed by atoms with Crippen molar-refractivity contribution in [3.63, 3.8) is 0 Å². The van der Waals surface area contributed by atoms with Crippen LogP contribution in [0.2, 0.25) is 0 Å². The number of hydrogen-bond donors (Lipinski definition) is 3. The van der Waals surface area contributed by atoms with Crippen LogP contribution in [0.1, 0.15) is 41.6 Å². The van der Waals surface area contributed by atoms with Crippen molar-refractivity contribution in [2.75, 3.05) is 10.6 Å². The summed E-state index contributed by atoms with van der Waals surface area (Å²) in [4.78, 5) is 16.6. The zero-order valence-corrected chi connectivity index (χ0v) is 13.8. The minimum atomic E-state index is -0.168. The molecule has 0 spiro atoms. The molecule has 0 saturated heterocycles. The van der Waals surface area contributed by atoms with Gasteiger partial charge < -0.3 is 15.7 Å². The summed E-state index contributed by atoms with van der Waals surface area (Å²) in [5, 5.41) is 15.8. The highest BCUT2D eigenvalue weighted by molar-refractivity contribution is 6.04. The maximum absolute atomic E-state index is 12.2. The van der Waals surface area contributed by atoms with Crippen molar-refractivity contribution < 1.29 is 9.90 Å². The van der Waals surface area contributed by atoms with Gasteiger partial charge in [0, 0.05) is 17.9 Å². The third kappa shape index (κ3) is 4.32. The molecule has 2 aromatic rings. The fourth-order valence-electron chi connectivity index (χ4n) is 2.88. The standard InChI is InChI=1S/C19H23N3O2/c1-13-2-5-16(6-3-13)22-19(24)14-4-11-18(20-12-14)21-15-7-9-17(23)10-8-15/h2-6,11-12,15,17,23H,7-10H2,1H3,(H,20,21)(H,22,24). The van der Waals surface area contributed by atoms with Gasteiger partial charge >= 0.3 is 0 Å². The Morgan fingerprint density at radius 1 is 1.08 bits per heavy atom. The van der Waals surface area contributed by atoms with Crippen molar-refractivity contribution in [1.82, 2.24) is 4.98 Å². The van der Waals surface area contributed by atoms with Crippen LogP contribution in [0.3, 0.4) is 0 Å². The average Bonchev–Trinajstić information content (AvgIpc) is 2.59. The van der Waals surface area contributed by atoms with Crippen molar-refractivity contribution in [2.24, 2.45) is 0 Å². The third-order valence-electron chi connectivity index (χ3n) is 4.38. The minimum Gasteiger partial charge on any atom is -0.393 e. The first-order valence-electron chi connectivity index (χ1n) is 8.39. The fraction of sp³-hybridized carbons (Fsp3) is 0.368. The molecule has 1 heterocycles. The average molecular weight is 325 g/mol. The first-order valence-corrected chi connectivity index (χ1v) is 8.39. The van der Waals surface area contributed by atoms with E-state index in [1.807, 2.05) is 37.3 Å². The van der Waals surface area contributed by atoms with E-state index in [4.69, 9.17) is 0 Å². The van der Waals surface area contributed by atoms with E-state index in [1.165, 1.54) is 0 Å². The van der Waals surface area contributed by atoms with Crippen molar-refractivity contribution in [2.45, 2.75) is 44.8 Å². The number of carbonyl (C=O) groups is 1. The Balaban J connectivity index is 1.57. The SMILES string of the molecule is Cc1ccc(NC(=O)c2ccc(NC3CCC(O)CC3)nc2)cc1. The Morgan fingerprint density at radius 2 is 1.79 bits per heavy atom. The highest BCUT2D eigenvalue weighted by Gasteiger charge is 2.19. The van der Waals surface area contributed by atoms with Crippen molar-refractivity contribution >= 4 is 17.4 Å². The van der Waals surface area contributed by atoms with E-state index >= 15 is 0 Å². The number of amides is 1. The molecule has 1 aromatic heterocycles. The molecule has 1 fully saturated rings. The molecule has 0 atom stereocenters. The fourth-order valence-corrected chi connectivity index (χ4v) is 2.88. The Morgan fingerprint density at radius 3 is 2.42 bits per heavy atom. The maximum Gasteiger partial charge on any atom is 0.257 e. The maximum atomic E-state index is 12.2. The largest absolute Gasteiger partial charge is 0.393 e. The number of aliphatic hydroxyl groups is 1. The lowest BCUT2D eigenvalue weighted by Crippen LogP contribution is -2.28. The van der Waals surface area contributed by atoms with E-state index in [-0.39, 0.29) is 12.0 Å². The summed E-state index contributed by atoms with van der Waals surface area (Å²) in [6.45, 7) is 2.01. The summed E-state index contributed by atoms with van der Waals surface area (Å²) < 4.78 is 0. The molecule has 1 saturated carbocycles. The van der Waals surface area contributed by atoms with Crippen LogP contribution < -0.4 is 10.6 Å². The topological polar surface area (TPSA) is 74.2 Å². The number of pyridine rings is 1. The Kier molecular flexibility index (Phi) is 5.11. The van der Waals surface area contributed by atoms with Crippen LogP contribution in [-0.4, -0.2) is 28.1 Å². The van der Waals surface area contributed by atoms with Crippen LogP contribution in [0.5, 0.6) is 0 Å². The third-order valence-corrected chi connectivity index (χ3v) is 4.38. The number of aromatic nitrogens is 1. The zero-order chi connectivity index (χ0) is 16.9. The minimum absolute atomic E-state index is 0.163. The lowest BCUT2D eigenvalue weighted by Gasteiger charge is -2.26. The predicted octanol–water partition coefficient (Wildman–Crippen LogP) is 3.36. The second kappa shape index (κ2) is 7.45. The van der Waals surface area contributed by atoms with E-state index in [9.17, 15) is 9.90 Å². The molecule has 5 heteroatoms. The molecule has 3 N–H and O–H groups in total. The highest BCUT2D eigenvalue weighted by atomic mass is 16.3. The molecule has 0 aliphatic heterocycles. The molecule has 5 nitrogen and oxygen atoms in total. The number of anilines is 2. The summed E-state index contributed by atoms with van der Waals surface area (Å²) in [6, 6.07) is 11.6. The summed E-state index contributed by atoms with van der Waals surface area (Å²) in [5.74, 6) is 0.599. The van der Waals surface area contributed by atoms with Crippen LogP contribution in [0.25, 0.3) is 0 Å². The number of benzene rings is 1. The number of hydrogen-bond acceptors (Lipinski definition) is 4. The molecular formula is C19H23N3O2. The smallest absolute Gasteiger partial charge is 0.257 e. The molecule has 1 aliphatic rings. The van der Waals surface area contributed by atoms with Crippen molar-refractivity contribution in [1.29, 1.82) is 0 Å². The van der Waals surface area contributed by atoms with E-state index < -0.39 is 0 Å². The Labute approximate surface area is 142 Å². The van der Waals surface area contributed by atoms with Gasteiger partial charge in [0.05, 0.1) is 11.7 Å². The van der Waals surface area contributed by atoms with Gasteiger partial charge in [-0.2, -0.15) is 0 Å². The van der Waals surface area contributed by atoms with Gasteiger partial charge in [0.15, 0.2) is 0 Å². The molecule has 1 aliphatic carbocycles. The zero-order valence-electron chi connectivity index (χ0n) is 13.8. The number of aliphatic hydroxyl groups excluding tert-OH is 1. The first-order chi connectivity index (χ1) is 11.6. The number of rotatable bonds is 4. The lowest BCUT2D eigenvalue weighted by atomic mass is 9.93. The number of aryl methyl sites for hydroxylation is 1. The van der Waals surface area contributed by atoms with Crippen molar-refractivity contribution in [3.8, 4) is 0 Å². The van der Waals surface area contributed by atoms with Crippen LogP contribution in [0.4, 0.5) is 11.5 Å². The van der Waals surface area contributed by atoms with Gasteiger partial charge in [-0.25, -0.2) is 4.98 Å². The number of carbonyl (C=O) groups excluding carboxylic acids is 1. The molecule has 0 bridgehead atoms. The van der Waals surface area contributed by atoms with E-state index in [0.717, 1.165) is 42.8 Å². The summed E-state index contributed by atoms with van der Waals surface area (Å²) in [6.07, 6.45) is 4.97. The molecular weight excluding hydrogens is 302 g/mol. The molecule has 1 aromatic carbocycles. The van der Waals surface area contributed by atoms with E-state index in [0.29, 0.717) is 11.6 Å². The molecule has 0 unspecified atom stereocenters. The van der Waals surface area contributed by atoms with E-state index in [1.54, 1.807) is 12.3 Å². The van der Waals surface area contributed by atoms with Crippen molar-refractivity contribution in [3.05, 3.63) is 53.7 Å². The Bertz CT molecular complexity index is 675. The monoisotopic (exact) mass is 325 g/mol. The van der Waals surface area contributed by atoms with Gasteiger partial charge in [-0.05, 0) is 56.9 Å². The molecule has 3 rings (SSSR count). The molecule has 1 amide bonds. The van der Waals surface area contributed by atoms with Gasteiger partial charge in [0.2, 0.25) is 0 Å². The van der Waals surface area contributed by atoms with Gasteiger partial charge in [0.25, 0.3) is 5.91 Å². The normalized spacial score (nSPS) is 20.4. The molecule has 126 valence electrons. The van der Waals surface area contributed by atoms with E-state index in [2.05, 4.69) is 15.6 Å².